The van der Waals surface area contributed by atoms with Crippen molar-refractivity contribution in [2.75, 3.05) is 0 Å². The third-order valence-electron chi connectivity index (χ3n) is 3.02. The molecular formula is C16H17BrFNO. The summed E-state index contributed by atoms with van der Waals surface area (Å²) in [5.74, 6) is 0.116. The number of rotatable bonds is 2. The van der Waals surface area contributed by atoms with Crippen LogP contribution in [0.1, 0.15) is 31.9 Å². The topological polar surface area (TPSA) is 22.1 Å². The SMILES string of the molecule is Cc1cc(C(C)(C)C)ccc1Oc1ncc(Br)cc1F. The third kappa shape index (κ3) is 3.37. The largest absolute Gasteiger partial charge is 0.436 e. The van der Waals surface area contributed by atoms with Crippen molar-refractivity contribution in [3.8, 4) is 11.6 Å². The standard InChI is InChI=1S/C16H17BrFNO/c1-10-7-11(16(2,3)4)5-6-14(10)20-15-13(18)8-12(17)9-19-15/h5-9H,1-4H3. The van der Waals surface area contributed by atoms with Gasteiger partial charge in [-0.05, 0) is 51.5 Å². The zero-order valence-electron chi connectivity index (χ0n) is 12.0. The maximum absolute atomic E-state index is 13.7. The second-order valence-corrected chi connectivity index (χ2v) is 6.69. The van der Waals surface area contributed by atoms with E-state index in [0.717, 1.165) is 5.56 Å². The Kier molecular flexibility index (Phi) is 4.14. The molecule has 0 aliphatic rings. The smallest absolute Gasteiger partial charge is 0.255 e. The van der Waals surface area contributed by atoms with Gasteiger partial charge in [-0.2, -0.15) is 0 Å². The molecule has 0 bridgehead atoms. The highest BCUT2D eigenvalue weighted by atomic mass is 79.9. The Morgan fingerprint density at radius 1 is 1.20 bits per heavy atom. The van der Waals surface area contributed by atoms with Crippen molar-refractivity contribution in [3.05, 3.63) is 51.9 Å². The number of aromatic nitrogens is 1. The van der Waals surface area contributed by atoms with Crippen LogP contribution in [-0.2, 0) is 5.41 Å². The highest BCUT2D eigenvalue weighted by Crippen LogP contribution is 2.31. The lowest BCUT2D eigenvalue weighted by Crippen LogP contribution is -2.11. The first-order valence-corrected chi connectivity index (χ1v) is 7.17. The van der Waals surface area contributed by atoms with Crippen LogP contribution in [0.3, 0.4) is 0 Å². The van der Waals surface area contributed by atoms with Crippen LogP contribution in [0.25, 0.3) is 0 Å². The maximum atomic E-state index is 13.7. The van der Waals surface area contributed by atoms with Crippen molar-refractivity contribution in [1.29, 1.82) is 0 Å². The van der Waals surface area contributed by atoms with Crippen LogP contribution in [0, 0.1) is 12.7 Å². The van der Waals surface area contributed by atoms with Crippen LogP contribution < -0.4 is 4.74 Å². The van der Waals surface area contributed by atoms with Crippen LogP contribution in [0.2, 0.25) is 0 Å². The Balaban J connectivity index is 2.30. The molecule has 2 rings (SSSR count). The fourth-order valence-corrected chi connectivity index (χ4v) is 2.12. The van der Waals surface area contributed by atoms with Gasteiger partial charge in [0.2, 0.25) is 0 Å². The number of nitrogens with zero attached hydrogens (tertiary/aromatic N) is 1. The minimum atomic E-state index is -0.487. The predicted molar refractivity (Wildman–Crippen MR) is 81.8 cm³/mol. The normalized spacial score (nSPS) is 11.5. The van der Waals surface area contributed by atoms with E-state index in [1.807, 2.05) is 19.1 Å². The quantitative estimate of drug-likeness (QED) is 0.733. The van der Waals surface area contributed by atoms with Crippen LogP contribution in [0.4, 0.5) is 4.39 Å². The van der Waals surface area contributed by atoms with E-state index in [1.165, 1.54) is 17.8 Å². The highest BCUT2D eigenvalue weighted by Gasteiger charge is 2.15. The molecule has 0 N–H and O–H groups in total. The monoisotopic (exact) mass is 337 g/mol. The summed E-state index contributed by atoms with van der Waals surface area (Å²) in [5, 5.41) is 0. The lowest BCUT2D eigenvalue weighted by atomic mass is 9.86. The van der Waals surface area contributed by atoms with Gasteiger partial charge >= 0.3 is 0 Å². The second kappa shape index (κ2) is 5.52. The minimum absolute atomic E-state index is 0.0141. The number of aryl methyl sites for hydroxylation is 1. The summed E-state index contributed by atoms with van der Waals surface area (Å²) < 4.78 is 19.9. The molecule has 0 saturated carbocycles. The van der Waals surface area contributed by atoms with Crippen molar-refractivity contribution in [2.24, 2.45) is 0 Å². The molecule has 1 aromatic carbocycles. The Morgan fingerprint density at radius 3 is 2.45 bits per heavy atom. The molecule has 0 amide bonds. The minimum Gasteiger partial charge on any atom is -0.436 e. The molecule has 0 unspecified atom stereocenters. The molecule has 0 spiro atoms. The highest BCUT2D eigenvalue weighted by molar-refractivity contribution is 9.10. The molecular weight excluding hydrogens is 321 g/mol. The average Bonchev–Trinajstić information content (AvgIpc) is 2.33. The average molecular weight is 338 g/mol. The predicted octanol–water partition coefficient (Wildman–Crippen LogP) is 5.38. The first-order valence-electron chi connectivity index (χ1n) is 6.37. The molecule has 20 heavy (non-hydrogen) atoms. The number of hydrogen-bond acceptors (Lipinski definition) is 2. The zero-order valence-corrected chi connectivity index (χ0v) is 13.6. The number of hydrogen-bond donors (Lipinski definition) is 0. The van der Waals surface area contributed by atoms with Crippen molar-refractivity contribution in [1.82, 2.24) is 4.98 Å². The fourth-order valence-electron chi connectivity index (χ4n) is 1.81. The molecule has 1 aromatic heterocycles. The summed E-state index contributed by atoms with van der Waals surface area (Å²) in [6.45, 7) is 8.40. The summed E-state index contributed by atoms with van der Waals surface area (Å²) in [7, 11) is 0. The summed E-state index contributed by atoms with van der Waals surface area (Å²) in [6.07, 6.45) is 1.51. The van der Waals surface area contributed by atoms with E-state index in [9.17, 15) is 4.39 Å². The van der Waals surface area contributed by atoms with E-state index in [-0.39, 0.29) is 11.3 Å². The number of pyridine rings is 1. The van der Waals surface area contributed by atoms with Gasteiger partial charge in [0.15, 0.2) is 5.82 Å². The van der Waals surface area contributed by atoms with Gasteiger partial charge in [0.1, 0.15) is 5.75 Å². The molecule has 2 nitrogen and oxygen atoms in total. The summed E-state index contributed by atoms with van der Waals surface area (Å²) in [6, 6.07) is 7.26. The fraction of sp³-hybridized carbons (Fsp3) is 0.312. The van der Waals surface area contributed by atoms with Gasteiger partial charge in [-0.3, -0.25) is 0 Å². The van der Waals surface area contributed by atoms with Gasteiger partial charge in [-0.1, -0.05) is 32.9 Å². The summed E-state index contributed by atoms with van der Waals surface area (Å²) in [4.78, 5) is 3.94. The lowest BCUT2D eigenvalue weighted by Gasteiger charge is -2.20. The van der Waals surface area contributed by atoms with E-state index in [1.54, 1.807) is 0 Å². The van der Waals surface area contributed by atoms with E-state index < -0.39 is 5.82 Å². The van der Waals surface area contributed by atoms with Gasteiger partial charge in [0, 0.05) is 10.7 Å². The Morgan fingerprint density at radius 2 is 1.90 bits per heavy atom. The van der Waals surface area contributed by atoms with Crippen molar-refractivity contribution in [2.45, 2.75) is 33.1 Å². The lowest BCUT2D eigenvalue weighted by molar-refractivity contribution is 0.419. The number of benzene rings is 1. The molecule has 0 radical (unpaired) electrons. The van der Waals surface area contributed by atoms with Gasteiger partial charge in [-0.25, -0.2) is 9.37 Å². The van der Waals surface area contributed by atoms with E-state index in [2.05, 4.69) is 47.8 Å². The zero-order chi connectivity index (χ0) is 14.9. The molecule has 0 aliphatic carbocycles. The van der Waals surface area contributed by atoms with Crippen LogP contribution in [-0.4, -0.2) is 4.98 Å². The first kappa shape index (κ1) is 15.0. The molecule has 0 fully saturated rings. The Hall–Kier alpha value is -1.42. The molecule has 0 atom stereocenters. The van der Waals surface area contributed by atoms with Crippen LogP contribution in [0.5, 0.6) is 11.6 Å². The Bertz CT molecular complexity index is 635. The Labute approximate surface area is 127 Å². The van der Waals surface area contributed by atoms with E-state index in [4.69, 9.17) is 4.74 Å². The van der Waals surface area contributed by atoms with E-state index in [0.29, 0.717) is 10.2 Å². The molecule has 0 aliphatic heterocycles. The van der Waals surface area contributed by atoms with Crippen LogP contribution in [0.15, 0.2) is 34.9 Å². The number of ether oxygens (including phenoxy) is 1. The summed E-state index contributed by atoms with van der Waals surface area (Å²) >= 11 is 3.17. The van der Waals surface area contributed by atoms with Crippen molar-refractivity contribution < 1.29 is 9.13 Å². The molecule has 4 heteroatoms. The maximum Gasteiger partial charge on any atom is 0.255 e. The van der Waals surface area contributed by atoms with Gasteiger partial charge in [-0.15, -0.1) is 0 Å². The molecule has 2 aromatic rings. The van der Waals surface area contributed by atoms with Gasteiger partial charge in [0.25, 0.3) is 5.88 Å². The molecule has 0 saturated heterocycles. The van der Waals surface area contributed by atoms with E-state index >= 15 is 0 Å². The summed E-state index contributed by atoms with van der Waals surface area (Å²) in [5.41, 5.74) is 2.25. The molecule has 1 heterocycles. The third-order valence-corrected chi connectivity index (χ3v) is 3.46. The number of halogens is 2. The van der Waals surface area contributed by atoms with Crippen LogP contribution >= 0.6 is 15.9 Å². The van der Waals surface area contributed by atoms with Gasteiger partial charge in [0.05, 0.1) is 0 Å². The molecule has 106 valence electrons. The first-order chi connectivity index (χ1) is 9.27. The second-order valence-electron chi connectivity index (χ2n) is 5.77. The van der Waals surface area contributed by atoms with Gasteiger partial charge < -0.3 is 4.74 Å². The van der Waals surface area contributed by atoms with Crippen molar-refractivity contribution >= 4 is 15.9 Å². The van der Waals surface area contributed by atoms with Crippen molar-refractivity contribution in [3.63, 3.8) is 0 Å².